The molecule has 0 saturated heterocycles. The van der Waals surface area contributed by atoms with Gasteiger partial charge in [0.25, 0.3) is 0 Å². The van der Waals surface area contributed by atoms with Gasteiger partial charge < -0.3 is 10.3 Å². The summed E-state index contributed by atoms with van der Waals surface area (Å²) in [5, 5.41) is 0. The standard InChI is InChI=1S/C16H23N3/c1-4-6-11-19-14(5-2)18-15(16(19)17)13-9-7-12(3)8-10-13/h7-10H,4-6,11,17H2,1-3H3. The highest BCUT2D eigenvalue weighted by Gasteiger charge is 2.14. The minimum atomic E-state index is 0.800. The maximum Gasteiger partial charge on any atom is 0.131 e. The second kappa shape index (κ2) is 5.91. The van der Waals surface area contributed by atoms with E-state index in [0.29, 0.717) is 0 Å². The zero-order valence-electron chi connectivity index (χ0n) is 12.1. The van der Waals surface area contributed by atoms with Gasteiger partial charge in [0.05, 0.1) is 0 Å². The van der Waals surface area contributed by atoms with Gasteiger partial charge in [-0.2, -0.15) is 0 Å². The fourth-order valence-electron chi connectivity index (χ4n) is 2.27. The number of imidazole rings is 1. The van der Waals surface area contributed by atoms with E-state index in [1.807, 2.05) is 0 Å². The summed E-state index contributed by atoms with van der Waals surface area (Å²) in [6.45, 7) is 7.37. The highest BCUT2D eigenvalue weighted by atomic mass is 15.1. The molecule has 102 valence electrons. The van der Waals surface area contributed by atoms with Crippen LogP contribution in [0.15, 0.2) is 24.3 Å². The molecule has 0 fully saturated rings. The minimum absolute atomic E-state index is 0.800. The van der Waals surface area contributed by atoms with Crippen LogP contribution in [0.25, 0.3) is 11.3 Å². The van der Waals surface area contributed by atoms with E-state index < -0.39 is 0 Å². The van der Waals surface area contributed by atoms with Crippen molar-refractivity contribution >= 4 is 5.82 Å². The summed E-state index contributed by atoms with van der Waals surface area (Å²) in [6, 6.07) is 8.40. The minimum Gasteiger partial charge on any atom is -0.383 e. The first-order chi connectivity index (χ1) is 9.17. The average Bonchev–Trinajstić information content (AvgIpc) is 2.74. The summed E-state index contributed by atoms with van der Waals surface area (Å²) < 4.78 is 2.17. The van der Waals surface area contributed by atoms with Crippen molar-refractivity contribution in [2.75, 3.05) is 5.73 Å². The molecule has 0 radical (unpaired) electrons. The van der Waals surface area contributed by atoms with E-state index in [1.165, 1.54) is 12.0 Å². The first-order valence-electron chi connectivity index (χ1n) is 7.09. The Morgan fingerprint density at radius 1 is 1.16 bits per heavy atom. The lowest BCUT2D eigenvalue weighted by Gasteiger charge is -2.07. The molecule has 0 aliphatic rings. The Morgan fingerprint density at radius 2 is 1.84 bits per heavy atom. The van der Waals surface area contributed by atoms with Gasteiger partial charge in [0.15, 0.2) is 0 Å². The molecule has 1 aromatic heterocycles. The Bertz CT molecular complexity index is 538. The molecule has 0 bridgehead atoms. The van der Waals surface area contributed by atoms with Gasteiger partial charge in [0.2, 0.25) is 0 Å². The van der Waals surface area contributed by atoms with Crippen molar-refractivity contribution in [2.45, 2.75) is 46.6 Å². The largest absolute Gasteiger partial charge is 0.383 e. The van der Waals surface area contributed by atoms with Crippen molar-refractivity contribution in [3.63, 3.8) is 0 Å². The predicted octanol–water partition coefficient (Wildman–Crippen LogP) is 3.80. The third kappa shape index (κ3) is 2.80. The van der Waals surface area contributed by atoms with Crippen LogP contribution in [-0.4, -0.2) is 9.55 Å². The first kappa shape index (κ1) is 13.7. The fourth-order valence-corrected chi connectivity index (χ4v) is 2.27. The smallest absolute Gasteiger partial charge is 0.131 e. The molecule has 2 aromatic rings. The van der Waals surface area contributed by atoms with Crippen LogP contribution >= 0.6 is 0 Å². The predicted molar refractivity (Wildman–Crippen MR) is 81.1 cm³/mol. The number of nitrogens with zero attached hydrogens (tertiary/aromatic N) is 2. The molecule has 0 amide bonds. The van der Waals surface area contributed by atoms with Crippen LogP contribution in [0.2, 0.25) is 0 Å². The van der Waals surface area contributed by atoms with Gasteiger partial charge in [0, 0.05) is 18.5 Å². The number of hydrogen-bond donors (Lipinski definition) is 1. The zero-order chi connectivity index (χ0) is 13.8. The number of hydrogen-bond acceptors (Lipinski definition) is 2. The molecule has 0 atom stereocenters. The second-order valence-corrected chi connectivity index (χ2v) is 4.99. The van der Waals surface area contributed by atoms with Crippen molar-refractivity contribution in [1.82, 2.24) is 9.55 Å². The van der Waals surface area contributed by atoms with Crippen LogP contribution in [0, 0.1) is 6.92 Å². The normalized spacial score (nSPS) is 10.9. The Hall–Kier alpha value is -1.77. The maximum absolute atomic E-state index is 6.29. The van der Waals surface area contributed by atoms with Gasteiger partial charge in [-0.3, -0.25) is 0 Å². The summed E-state index contributed by atoms with van der Waals surface area (Å²) in [5.41, 5.74) is 9.57. The lowest BCUT2D eigenvalue weighted by molar-refractivity contribution is 0.612. The molecular formula is C16H23N3. The van der Waals surface area contributed by atoms with Crippen LogP contribution in [0.5, 0.6) is 0 Å². The van der Waals surface area contributed by atoms with Gasteiger partial charge in [-0.05, 0) is 13.3 Å². The number of anilines is 1. The van der Waals surface area contributed by atoms with Crippen molar-refractivity contribution in [3.8, 4) is 11.3 Å². The van der Waals surface area contributed by atoms with Crippen molar-refractivity contribution in [2.24, 2.45) is 0 Å². The number of benzene rings is 1. The monoisotopic (exact) mass is 257 g/mol. The Morgan fingerprint density at radius 3 is 2.42 bits per heavy atom. The van der Waals surface area contributed by atoms with E-state index in [2.05, 4.69) is 49.6 Å². The van der Waals surface area contributed by atoms with E-state index >= 15 is 0 Å². The molecule has 0 unspecified atom stereocenters. The molecule has 0 spiro atoms. The quantitative estimate of drug-likeness (QED) is 0.885. The third-order valence-electron chi connectivity index (χ3n) is 3.46. The number of nitrogens with two attached hydrogens (primary N) is 1. The molecule has 1 aromatic carbocycles. The van der Waals surface area contributed by atoms with Crippen molar-refractivity contribution in [1.29, 1.82) is 0 Å². The van der Waals surface area contributed by atoms with Crippen molar-refractivity contribution < 1.29 is 0 Å². The summed E-state index contributed by atoms with van der Waals surface area (Å²) in [5.74, 6) is 1.88. The molecule has 3 heteroatoms. The number of unbranched alkanes of at least 4 members (excludes halogenated alkanes) is 1. The zero-order valence-corrected chi connectivity index (χ0v) is 12.1. The molecule has 0 saturated carbocycles. The molecule has 3 nitrogen and oxygen atoms in total. The van der Waals surface area contributed by atoms with Gasteiger partial charge in [-0.15, -0.1) is 0 Å². The number of aromatic nitrogens is 2. The maximum atomic E-state index is 6.29. The Labute approximate surface area is 115 Å². The SMILES string of the molecule is CCCCn1c(CC)nc(-c2ccc(C)cc2)c1N. The Balaban J connectivity index is 2.41. The van der Waals surface area contributed by atoms with Gasteiger partial charge in [-0.1, -0.05) is 50.1 Å². The lowest BCUT2D eigenvalue weighted by Crippen LogP contribution is -2.06. The van der Waals surface area contributed by atoms with Crippen LogP contribution in [0.4, 0.5) is 5.82 Å². The fraction of sp³-hybridized carbons (Fsp3) is 0.438. The van der Waals surface area contributed by atoms with E-state index in [0.717, 1.165) is 42.3 Å². The lowest BCUT2D eigenvalue weighted by atomic mass is 10.1. The molecule has 0 aliphatic carbocycles. The molecule has 2 N–H and O–H groups in total. The van der Waals surface area contributed by atoms with Gasteiger partial charge in [0.1, 0.15) is 17.3 Å². The second-order valence-electron chi connectivity index (χ2n) is 4.99. The molecule has 0 aliphatic heterocycles. The van der Waals surface area contributed by atoms with Gasteiger partial charge >= 0.3 is 0 Å². The summed E-state index contributed by atoms with van der Waals surface area (Å²) in [6.07, 6.45) is 3.22. The van der Waals surface area contributed by atoms with E-state index in [-0.39, 0.29) is 0 Å². The summed E-state index contributed by atoms with van der Waals surface area (Å²) >= 11 is 0. The molecular weight excluding hydrogens is 234 g/mol. The first-order valence-corrected chi connectivity index (χ1v) is 7.09. The van der Waals surface area contributed by atoms with Crippen LogP contribution in [0.3, 0.4) is 0 Å². The van der Waals surface area contributed by atoms with E-state index in [4.69, 9.17) is 10.7 Å². The topological polar surface area (TPSA) is 43.8 Å². The number of rotatable bonds is 5. The molecule has 19 heavy (non-hydrogen) atoms. The number of nitrogen functional groups attached to an aromatic ring is 1. The third-order valence-corrected chi connectivity index (χ3v) is 3.46. The summed E-state index contributed by atoms with van der Waals surface area (Å²) in [4.78, 5) is 4.72. The Kier molecular flexibility index (Phi) is 4.25. The molecule has 2 rings (SSSR count). The van der Waals surface area contributed by atoms with Gasteiger partial charge in [-0.25, -0.2) is 4.98 Å². The molecule has 1 heterocycles. The average molecular weight is 257 g/mol. The van der Waals surface area contributed by atoms with E-state index in [9.17, 15) is 0 Å². The van der Waals surface area contributed by atoms with Crippen LogP contribution in [0.1, 0.15) is 38.1 Å². The number of aryl methyl sites for hydroxylation is 2. The van der Waals surface area contributed by atoms with E-state index in [1.54, 1.807) is 0 Å². The van der Waals surface area contributed by atoms with Crippen LogP contribution < -0.4 is 5.73 Å². The highest BCUT2D eigenvalue weighted by Crippen LogP contribution is 2.27. The summed E-state index contributed by atoms with van der Waals surface area (Å²) in [7, 11) is 0. The van der Waals surface area contributed by atoms with Crippen LogP contribution in [-0.2, 0) is 13.0 Å². The highest BCUT2D eigenvalue weighted by molar-refractivity contribution is 5.71. The van der Waals surface area contributed by atoms with Crippen molar-refractivity contribution in [3.05, 3.63) is 35.7 Å².